The maximum Gasteiger partial charge on any atom is 0.387 e. The van der Waals surface area contributed by atoms with E-state index in [1.165, 1.54) is 25.3 Å². The van der Waals surface area contributed by atoms with Crippen molar-refractivity contribution in [3.8, 4) is 11.5 Å². The lowest BCUT2D eigenvalue weighted by Crippen LogP contribution is -2.16. The number of para-hydroxylation sites is 1. The molecule has 23 heavy (non-hydrogen) atoms. The Morgan fingerprint density at radius 2 is 2.00 bits per heavy atom. The molecule has 0 heterocycles. The first-order chi connectivity index (χ1) is 10.9. The second kappa shape index (κ2) is 7.58. The minimum atomic E-state index is -3.06. The van der Waals surface area contributed by atoms with Crippen molar-refractivity contribution < 1.29 is 23.0 Å². The summed E-state index contributed by atoms with van der Waals surface area (Å²) in [5, 5.41) is 2.70. The number of amides is 1. The van der Waals surface area contributed by atoms with Crippen LogP contribution in [0, 0.1) is 10.5 Å². The number of aryl methyl sites for hydroxylation is 1. The predicted molar refractivity (Wildman–Crippen MR) is 91.5 cm³/mol. The number of hydrogen-bond donors (Lipinski definition) is 1. The van der Waals surface area contributed by atoms with Gasteiger partial charge in [0.05, 0.1) is 12.7 Å². The van der Waals surface area contributed by atoms with E-state index in [4.69, 9.17) is 4.74 Å². The number of hydrogen-bond acceptors (Lipinski definition) is 3. The Labute approximate surface area is 145 Å². The molecule has 0 aromatic heterocycles. The Morgan fingerprint density at radius 1 is 1.26 bits per heavy atom. The van der Waals surface area contributed by atoms with Crippen molar-refractivity contribution >= 4 is 34.2 Å². The summed E-state index contributed by atoms with van der Waals surface area (Å²) >= 11 is 2.16. The highest BCUT2D eigenvalue weighted by atomic mass is 127. The van der Waals surface area contributed by atoms with E-state index in [0.29, 0.717) is 5.69 Å². The van der Waals surface area contributed by atoms with Gasteiger partial charge >= 0.3 is 6.61 Å². The standard InChI is InChI=1S/C16H14F2INO3/c1-9-8-10(19)6-7-12(9)20-15(21)11-4-3-5-13(22-2)14(11)23-16(17)18/h3-8,16H,1-2H3,(H,20,21). The van der Waals surface area contributed by atoms with Crippen LogP contribution in [-0.4, -0.2) is 19.6 Å². The fourth-order valence-electron chi connectivity index (χ4n) is 2.02. The maximum absolute atomic E-state index is 12.6. The lowest BCUT2D eigenvalue weighted by Gasteiger charge is -2.15. The molecule has 122 valence electrons. The van der Waals surface area contributed by atoms with Gasteiger partial charge in [0.1, 0.15) is 0 Å². The molecule has 0 radical (unpaired) electrons. The van der Waals surface area contributed by atoms with Crippen LogP contribution in [0.25, 0.3) is 0 Å². The Bertz CT molecular complexity index is 722. The van der Waals surface area contributed by atoms with Crippen molar-refractivity contribution in [3.05, 3.63) is 51.1 Å². The first-order valence-electron chi connectivity index (χ1n) is 6.61. The molecule has 0 aliphatic heterocycles. The maximum atomic E-state index is 12.6. The summed E-state index contributed by atoms with van der Waals surface area (Å²) in [5.41, 5.74) is 1.44. The fraction of sp³-hybridized carbons (Fsp3) is 0.188. The summed E-state index contributed by atoms with van der Waals surface area (Å²) < 4.78 is 35.7. The highest BCUT2D eigenvalue weighted by molar-refractivity contribution is 14.1. The molecule has 0 spiro atoms. The minimum absolute atomic E-state index is 0.0254. The molecule has 2 aromatic rings. The Morgan fingerprint density at radius 3 is 2.61 bits per heavy atom. The molecule has 0 saturated heterocycles. The predicted octanol–water partition coefficient (Wildman–Crippen LogP) is 4.46. The highest BCUT2D eigenvalue weighted by Crippen LogP contribution is 2.33. The van der Waals surface area contributed by atoms with Crippen LogP contribution >= 0.6 is 22.6 Å². The smallest absolute Gasteiger partial charge is 0.387 e. The highest BCUT2D eigenvalue weighted by Gasteiger charge is 2.20. The van der Waals surface area contributed by atoms with Gasteiger partial charge in [-0.25, -0.2) is 0 Å². The number of carbonyl (C=O) groups is 1. The number of carbonyl (C=O) groups excluding carboxylic acids is 1. The lowest BCUT2D eigenvalue weighted by atomic mass is 10.1. The second-order valence-corrected chi connectivity index (χ2v) is 5.87. The monoisotopic (exact) mass is 433 g/mol. The van der Waals surface area contributed by atoms with Crippen LogP contribution in [0.4, 0.5) is 14.5 Å². The molecule has 4 nitrogen and oxygen atoms in total. The fourth-order valence-corrected chi connectivity index (χ4v) is 2.67. The van der Waals surface area contributed by atoms with Crippen LogP contribution in [0.3, 0.4) is 0 Å². The molecule has 0 unspecified atom stereocenters. The molecule has 2 rings (SSSR count). The molecular formula is C16H14F2INO3. The molecule has 7 heteroatoms. The molecule has 1 N–H and O–H groups in total. The number of halogens is 3. The number of benzene rings is 2. The van der Waals surface area contributed by atoms with E-state index in [9.17, 15) is 13.6 Å². The third-order valence-electron chi connectivity index (χ3n) is 3.09. The quantitative estimate of drug-likeness (QED) is 0.709. The molecule has 2 aromatic carbocycles. The molecular weight excluding hydrogens is 419 g/mol. The zero-order valence-electron chi connectivity index (χ0n) is 12.4. The average molecular weight is 433 g/mol. The van der Waals surface area contributed by atoms with Crippen LogP contribution in [0.15, 0.2) is 36.4 Å². The van der Waals surface area contributed by atoms with E-state index in [-0.39, 0.29) is 17.1 Å². The van der Waals surface area contributed by atoms with Crippen molar-refractivity contribution in [2.45, 2.75) is 13.5 Å². The zero-order valence-corrected chi connectivity index (χ0v) is 14.6. The van der Waals surface area contributed by atoms with E-state index in [2.05, 4.69) is 32.6 Å². The summed E-state index contributed by atoms with van der Waals surface area (Å²) in [7, 11) is 1.32. The van der Waals surface area contributed by atoms with Gasteiger partial charge < -0.3 is 14.8 Å². The number of ether oxygens (including phenoxy) is 2. The first-order valence-corrected chi connectivity index (χ1v) is 7.69. The van der Waals surface area contributed by atoms with Crippen LogP contribution in [-0.2, 0) is 0 Å². The normalized spacial score (nSPS) is 10.5. The second-order valence-electron chi connectivity index (χ2n) is 4.63. The lowest BCUT2D eigenvalue weighted by molar-refractivity contribution is -0.0515. The molecule has 1 amide bonds. The van der Waals surface area contributed by atoms with Gasteiger partial charge in [-0.2, -0.15) is 8.78 Å². The summed E-state index contributed by atoms with van der Waals surface area (Å²) in [4.78, 5) is 12.4. The van der Waals surface area contributed by atoms with Crippen LogP contribution in [0.1, 0.15) is 15.9 Å². The van der Waals surface area contributed by atoms with E-state index < -0.39 is 12.5 Å². The number of anilines is 1. The van der Waals surface area contributed by atoms with E-state index >= 15 is 0 Å². The third kappa shape index (κ3) is 4.31. The molecule has 0 aliphatic rings. The number of alkyl halides is 2. The van der Waals surface area contributed by atoms with Gasteiger partial charge in [0.25, 0.3) is 5.91 Å². The average Bonchev–Trinajstić information content (AvgIpc) is 2.49. The number of methoxy groups -OCH3 is 1. The first kappa shape index (κ1) is 17.5. The van der Waals surface area contributed by atoms with Crippen LogP contribution < -0.4 is 14.8 Å². The molecule has 0 fully saturated rings. The van der Waals surface area contributed by atoms with Gasteiger partial charge in [0.15, 0.2) is 11.5 Å². The third-order valence-corrected chi connectivity index (χ3v) is 3.76. The van der Waals surface area contributed by atoms with Crippen molar-refractivity contribution in [2.24, 2.45) is 0 Å². The van der Waals surface area contributed by atoms with Gasteiger partial charge in [-0.05, 0) is 65.4 Å². The van der Waals surface area contributed by atoms with Gasteiger partial charge in [-0.15, -0.1) is 0 Å². The van der Waals surface area contributed by atoms with Gasteiger partial charge in [-0.1, -0.05) is 6.07 Å². The van der Waals surface area contributed by atoms with E-state index in [1.54, 1.807) is 6.07 Å². The van der Waals surface area contributed by atoms with Gasteiger partial charge in [0.2, 0.25) is 0 Å². The molecule has 0 bridgehead atoms. The Hall–Kier alpha value is -1.90. The van der Waals surface area contributed by atoms with E-state index in [1.807, 2.05) is 19.1 Å². The van der Waals surface area contributed by atoms with Gasteiger partial charge in [-0.3, -0.25) is 4.79 Å². The summed E-state index contributed by atoms with van der Waals surface area (Å²) in [6.07, 6.45) is 0. The minimum Gasteiger partial charge on any atom is -0.493 e. The van der Waals surface area contributed by atoms with Crippen LogP contribution in [0.5, 0.6) is 11.5 Å². The van der Waals surface area contributed by atoms with Crippen molar-refractivity contribution in [2.75, 3.05) is 12.4 Å². The number of nitrogens with one attached hydrogen (secondary N) is 1. The molecule has 0 aliphatic carbocycles. The van der Waals surface area contributed by atoms with Crippen molar-refractivity contribution in [1.29, 1.82) is 0 Å². The summed E-state index contributed by atoms with van der Waals surface area (Å²) in [6, 6.07) is 9.88. The van der Waals surface area contributed by atoms with Crippen LogP contribution in [0.2, 0.25) is 0 Å². The van der Waals surface area contributed by atoms with Crippen molar-refractivity contribution in [1.82, 2.24) is 0 Å². The largest absolute Gasteiger partial charge is 0.493 e. The number of rotatable bonds is 5. The van der Waals surface area contributed by atoms with E-state index in [0.717, 1.165) is 9.13 Å². The van der Waals surface area contributed by atoms with Crippen molar-refractivity contribution in [3.63, 3.8) is 0 Å². The topological polar surface area (TPSA) is 47.6 Å². The zero-order chi connectivity index (χ0) is 17.0. The Kier molecular flexibility index (Phi) is 5.75. The molecule has 0 saturated carbocycles. The SMILES string of the molecule is COc1cccc(C(=O)Nc2ccc(I)cc2C)c1OC(F)F. The summed E-state index contributed by atoms with van der Waals surface area (Å²) in [5.74, 6) is -0.771. The Balaban J connectivity index is 2.35. The molecule has 0 atom stereocenters. The summed E-state index contributed by atoms with van der Waals surface area (Å²) in [6.45, 7) is -1.21. The van der Waals surface area contributed by atoms with Gasteiger partial charge in [0, 0.05) is 9.26 Å².